The molecule has 0 aliphatic rings. The van der Waals surface area contributed by atoms with Crippen molar-refractivity contribution in [1.82, 2.24) is 9.78 Å². The van der Waals surface area contributed by atoms with Crippen LogP contribution in [0.25, 0.3) is 5.69 Å². The molecule has 2 N–H and O–H groups in total. The number of aliphatic carboxylic acids is 1. The van der Waals surface area contributed by atoms with Gasteiger partial charge in [-0.05, 0) is 31.0 Å². The van der Waals surface area contributed by atoms with Crippen molar-refractivity contribution in [3.8, 4) is 5.69 Å². The Morgan fingerprint density at radius 3 is 2.47 bits per heavy atom. The molecule has 2 aromatic rings. The summed E-state index contributed by atoms with van der Waals surface area (Å²) in [6, 6.07) is 7.60. The van der Waals surface area contributed by atoms with Crippen LogP contribution in [0.1, 0.15) is 23.7 Å². The minimum atomic E-state index is -1.01. The third-order valence-electron chi connectivity index (χ3n) is 3.12. The Bertz CT molecular complexity index is 650. The fourth-order valence-corrected chi connectivity index (χ4v) is 2.00. The van der Waals surface area contributed by atoms with Crippen molar-refractivity contribution in [2.24, 2.45) is 0 Å². The summed E-state index contributed by atoms with van der Waals surface area (Å²) < 4.78 is 1.38. The Morgan fingerprint density at radius 1 is 1.32 bits per heavy atom. The van der Waals surface area contributed by atoms with Crippen LogP contribution in [-0.4, -0.2) is 20.9 Å². The van der Waals surface area contributed by atoms with Crippen molar-refractivity contribution in [3.05, 3.63) is 51.4 Å². The van der Waals surface area contributed by atoms with Gasteiger partial charge in [-0.2, -0.15) is 0 Å². The lowest BCUT2D eigenvalue weighted by Crippen LogP contribution is -2.19. The van der Waals surface area contributed by atoms with Gasteiger partial charge in [0.05, 0.1) is 17.7 Å². The maximum absolute atomic E-state index is 12.1. The van der Waals surface area contributed by atoms with Gasteiger partial charge < -0.3 is 5.11 Å². The molecular formula is C14H16N2O3. The molecule has 2 rings (SSSR count). The summed E-state index contributed by atoms with van der Waals surface area (Å²) in [7, 11) is 0. The van der Waals surface area contributed by atoms with E-state index >= 15 is 0 Å². The first-order valence-electron chi connectivity index (χ1n) is 6.14. The van der Waals surface area contributed by atoms with Gasteiger partial charge in [0.2, 0.25) is 0 Å². The van der Waals surface area contributed by atoms with Crippen molar-refractivity contribution in [1.29, 1.82) is 0 Å². The van der Waals surface area contributed by atoms with E-state index in [2.05, 4.69) is 12.0 Å². The van der Waals surface area contributed by atoms with Gasteiger partial charge in [-0.15, -0.1) is 0 Å². The lowest BCUT2D eigenvalue weighted by Gasteiger charge is -2.02. The third kappa shape index (κ3) is 2.59. The van der Waals surface area contributed by atoms with Crippen molar-refractivity contribution < 1.29 is 9.90 Å². The molecule has 0 unspecified atom stereocenters. The van der Waals surface area contributed by atoms with Crippen molar-refractivity contribution in [3.63, 3.8) is 0 Å². The number of hydrogen-bond acceptors (Lipinski definition) is 2. The van der Waals surface area contributed by atoms with Crippen molar-refractivity contribution >= 4 is 5.97 Å². The number of aromatic nitrogens is 2. The molecule has 0 radical (unpaired) electrons. The predicted octanol–water partition coefficient (Wildman–Crippen LogP) is 1.66. The molecule has 0 aliphatic heterocycles. The number of aryl methyl sites for hydroxylation is 2. The van der Waals surface area contributed by atoms with Crippen LogP contribution in [0.4, 0.5) is 0 Å². The minimum absolute atomic E-state index is 0.263. The Hall–Kier alpha value is -2.30. The van der Waals surface area contributed by atoms with Gasteiger partial charge in [0, 0.05) is 5.69 Å². The summed E-state index contributed by atoms with van der Waals surface area (Å²) in [5, 5.41) is 11.7. The first kappa shape index (κ1) is 13.1. The van der Waals surface area contributed by atoms with Gasteiger partial charge in [0.15, 0.2) is 0 Å². The lowest BCUT2D eigenvalue weighted by atomic mass is 10.1. The standard InChI is InChI=1S/C14H16N2O3/c1-3-10-4-6-11(7-5-10)16-14(19)12(8-13(17)18)9(2)15-16/h4-7,15H,3,8H2,1-2H3,(H,17,18). The molecule has 100 valence electrons. The molecule has 1 aromatic carbocycles. The Labute approximate surface area is 110 Å². The highest BCUT2D eigenvalue weighted by Gasteiger charge is 2.14. The van der Waals surface area contributed by atoms with Gasteiger partial charge in [0.25, 0.3) is 5.56 Å². The summed E-state index contributed by atoms with van der Waals surface area (Å²) in [4.78, 5) is 22.9. The van der Waals surface area contributed by atoms with E-state index in [9.17, 15) is 9.59 Å². The first-order valence-corrected chi connectivity index (χ1v) is 6.14. The van der Waals surface area contributed by atoms with Gasteiger partial charge >= 0.3 is 5.97 Å². The Balaban J connectivity index is 2.45. The van der Waals surface area contributed by atoms with E-state index in [0.717, 1.165) is 6.42 Å². The number of benzene rings is 1. The number of carbonyl (C=O) groups is 1. The monoisotopic (exact) mass is 260 g/mol. The SMILES string of the molecule is CCc1ccc(-n2[nH]c(C)c(CC(=O)O)c2=O)cc1. The summed E-state index contributed by atoms with van der Waals surface area (Å²) in [5.74, 6) is -1.01. The molecule has 0 spiro atoms. The summed E-state index contributed by atoms with van der Waals surface area (Å²) in [6.45, 7) is 3.77. The van der Waals surface area contributed by atoms with Crippen LogP contribution in [0.2, 0.25) is 0 Å². The van der Waals surface area contributed by atoms with Crippen LogP contribution in [0.5, 0.6) is 0 Å². The van der Waals surface area contributed by atoms with E-state index in [0.29, 0.717) is 16.9 Å². The molecule has 0 saturated carbocycles. The molecule has 0 saturated heterocycles. The normalized spacial score (nSPS) is 10.6. The maximum Gasteiger partial charge on any atom is 0.308 e. The van der Waals surface area contributed by atoms with E-state index < -0.39 is 5.97 Å². The maximum atomic E-state index is 12.1. The number of H-pyrrole nitrogens is 1. The molecule has 1 heterocycles. The minimum Gasteiger partial charge on any atom is -0.481 e. The Kier molecular flexibility index (Phi) is 3.55. The summed E-state index contributed by atoms with van der Waals surface area (Å²) in [6.07, 6.45) is 0.671. The molecule has 1 aromatic heterocycles. The second-order valence-electron chi connectivity index (χ2n) is 4.45. The lowest BCUT2D eigenvalue weighted by molar-refractivity contribution is -0.136. The van der Waals surface area contributed by atoms with Gasteiger partial charge in [-0.1, -0.05) is 19.1 Å². The summed E-state index contributed by atoms with van der Waals surface area (Å²) in [5.41, 5.74) is 2.48. The first-order chi connectivity index (χ1) is 9.02. The van der Waals surface area contributed by atoms with Gasteiger partial charge in [-0.3, -0.25) is 14.7 Å². The predicted molar refractivity (Wildman–Crippen MR) is 71.8 cm³/mol. The number of carboxylic acid groups (broad SMARTS) is 1. The van der Waals surface area contributed by atoms with Crippen LogP contribution in [0, 0.1) is 6.92 Å². The number of rotatable bonds is 4. The molecule has 0 bridgehead atoms. The number of hydrogen-bond donors (Lipinski definition) is 2. The van der Waals surface area contributed by atoms with Gasteiger partial charge in [-0.25, -0.2) is 4.68 Å². The molecule has 0 aliphatic carbocycles. The number of nitrogens with zero attached hydrogens (tertiary/aromatic N) is 1. The molecular weight excluding hydrogens is 244 g/mol. The van der Waals surface area contributed by atoms with Crippen LogP contribution in [-0.2, 0) is 17.6 Å². The largest absolute Gasteiger partial charge is 0.481 e. The molecule has 0 fully saturated rings. The van der Waals surface area contributed by atoms with Crippen molar-refractivity contribution in [2.75, 3.05) is 0 Å². The third-order valence-corrected chi connectivity index (χ3v) is 3.12. The average molecular weight is 260 g/mol. The van der Waals surface area contributed by atoms with E-state index in [4.69, 9.17) is 5.11 Å². The van der Waals surface area contributed by atoms with E-state index in [-0.39, 0.29) is 12.0 Å². The smallest absolute Gasteiger partial charge is 0.308 e. The van der Waals surface area contributed by atoms with Crippen LogP contribution >= 0.6 is 0 Å². The molecule has 5 heteroatoms. The second kappa shape index (κ2) is 5.14. The Morgan fingerprint density at radius 2 is 1.95 bits per heavy atom. The zero-order valence-electron chi connectivity index (χ0n) is 10.9. The van der Waals surface area contributed by atoms with Crippen molar-refractivity contribution in [2.45, 2.75) is 26.7 Å². The molecule has 0 atom stereocenters. The van der Waals surface area contributed by atoms with E-state index in [1.165, 1.54) is 10.2 Å². The van der Waals surface area contributed by atoms with Gasteiger partial charge in [0.1, 0.15) is 0 Å². The summed E-state index contributed by atoms with van der Waals surface area (Å²) >= 11 is 0. The fourth-order valence-electron chi connectivity index (χ4n) is 2.00. The molecule has 5 nitrogen and oxygen atoms in total. The zero-order chi connectivity index (χ0) is 14.0. The second-order valence-corrected chi connectivity index (χ2v) is 4.45. The van der Waals surface area contributed by atoms with Crippen LogP contribution in [0.15, 0.2) is 29.1 Å². The highest BCUT2D eigenvalue weighted by atomic mass is 16.4. The zero-order valence-corrected chi connectivity index (χ0v) is 10.9. The fraction of sp³-hybridized carbons (Fsp3) is 0.286. The number of aromatic amines is 1. The molecule has 19 heavy (non-hydrogen) atoms. The quantitative estimate of drug-likeness (QED) is 0.878. The van der Waals surface area contributed by atoms with E-state index in [1.54, 1.807) is 6.92 Å². The number of nitrogens with one attached hydrogen (secondary N) is 1. The highest BCUT2D eigenvalue weighted by molar-refractivity contribution is 5.70. The van der Waals surface area contributed by atoms with Crippen LogP contribution < -0.4 is 5.56 Å². The number of carboxylic acids is 1. The highest BCUT2D eigenvalue weighted by Crippen LogP contribution is 2.10. The van der Waals surface area contributed by atoms with Crippen LogP contribution in [0.3, 0.4) is 0 Å². The average Bonchev–Trinajstić information content (AvgIpc) is 2.66. The molecule has 0 amide bonds. The van der Waals surface area contributed by atoms with E-state index in [1.807, 2.05) is 24.3 Å². The topological polar surface area (TPSA) is 75.1 Å².